The number of hydrogen-bond acceptors (Lipinski definition) is 4. The van der Waals surface area contributed by atoms with Crippen molar-refractivity contribution in [3.63, 3.8) is 0 Å². The minimum Gasteiger partial charge on any atom is -0.338 e. The van der Waals surface area contributed by atoms with Crippen LogP contribution < -0.4 is 0 Å². The predicted octanol–water partition coefficient (Wildman–Crippen LogP) is 3.47. The van der Waals surface area contributed by atoms with Gasteiger partial charge in [0.1, 0.15) is 5.82 Å². The zero-order valence-corrected chi connectivity index (χ0v) is 16.8. The molecule has 160 valence electrons. The first kappa shape index (κ1) is 20.6. The minimum atomic E-state index is -2.78. The maximum atomic E-state index is 13.6. The fraction of sp³-hybridized carbons (Fsp3) is 0.273. The molecule has 0 N–H and O–H groups in total. The second kappa shape index (κ2) is 8.25. The number of carbonyl (C=O) groups is 3. The first-order valence-electron chi connectivity index (χ1n) is 9.81. The van der Waals surface area contributed by atoms with Crippen molar-refractivity contribution in [2.45, 2.75) is 25.9 Å². The number of carbonyl (C=O) groups excluding carboxylic acids is 3. The Bertz CT molecular complexity index is 1140. The van der Waals surface area contributed by atoms with E-state index in [-0.39, 0.29) is 49.5 Å². The van der Waals surface area contributed by atoms with E-state index in [2.05, 4.69) is 4.98 Å². The maximum Gasteiger partial charge on any atom is 0.320 e. The molecule has 2 heterocycles. The van der Waals surface area contributed by atoms with Crippen LogP contribution in [0.5, 0.6) is 0 Å². The van der Waals surface area contributed by atoms with Crippen molar-refractivity contribution in [1.29, 1.82) is 0 Å². The monoisotopic (exact) mass is 426 g/mol. The third kappa shape index (κ3) is 3.78. The molecule has 31 heavy (non-hydrogen) atoms. The lowest BCUT2D eigenvalue weighted by Gasteiger charge is -2.19. The van der Waals surface area contributed by atoms with Crippen LogP contribution in [0, 0.1) is 0 Å². The van der Waals surface area contributed by atoms with Gasteiger partial charge in [0.15, 0.2) is 0 Å². The summed E-state index contributed by atoms with van der Waals surface area (Å²) >= 11 is 0. The Labute approximate surface area is 176 Å². The van der Waals surface area contributed by atoms with Gasteiger partial charge in [0.05, 0.1) is 28.7 Å². The van der Waals surface area contributed by atoms with Crippen LogP contribution in [0.25, 0.3) is 11.0 Å². The molecule has 0 spiro atoms. The molecular formula is C22H20F2N4O3. The second-order valence-electron chi connectivity index (χ2n) is 7.33. The molecule has 4 rings (SSSR count). The summed E-state index contributed by atoms with van der Waals surface area (Å²) < 4.78 is 27.9. The molecular weight excluding hydrogens is 406 g/mol. The Hall–Kier alpha value is -3.62. The first-order valence-corrected chi connectivity index (χ1v) is 9.81. The van der Waals surface area contributed by atoms with Crippen LogP contribution in [0.3, 0.4) is 0 Å². The summed E-state index contributed by atoms with van der Waals surface area (Å²) in [7, 11) is 1.51. The van der Waals surface area contributed by atoms with Gasteiger partial charge in [0, 0.05) is 20.0 Å². The lowest BCUT2D eigenvalue weighted by Crippen LogP contribution is -2.32. The van der Waals surface area contributed by atoms with Crippen LogP contribution in [0.1, 0.15) is 45.9 Å². The van der Waals surface area contributed by atoms with Crippen LogP contribution >= 0.6 is 0 Å². The largest absolute Gasteiger partial charge is 0.338 e. The zero-order chi connectivity index (χ0) is 22.1. The number of imide groups is 1. The van der Waals surface area contributed by atoms with Gasteiger partial charge in [-0.3, -0.25) is 23.9 Å². The van der Waals surface area contributed by atoms with Crippen LogP contribution in [-0.2, 0) is 11.3 Å². The number of aromatic nitrogens is 2. The van der Waals surface area contributed by atoms with E-state index in [9.17, 15) is 23.2 Å². The van der Waals surface area contributed by atoms with Gasteiger partial charge in [-0.1, -0.05) is 24.3 Å². The molecule has 1 aliphatic rings. The van der Waals surface area contributed by atoms with Gasteiger partial charge in [0.25, 0.3) is 11.8 Å². The smallest absolute Gasteiger partial charge is 0.320 e. The van der Waals surface area contributed by atoms with Gasteiger partial charge in [0.2, 0.25) is 5.91 Å². The van der Waals surface area contributed by atoms with E-state index < -0.39 is 6.55 Å². The molecule has 0 saturated heterocycles. The Morgan fingerprint density at radius 3 is 2.29 bits per heavy atom. The summed E-state index contributed by atoms with van der Waals surface area (Å²) in [5.74, 6) is -0.934. The summed E-state index contributed by atoms with van der Waals surface area (Å²) in [5.41, 5.74) is 1.46. The summed E-state index contributed by atoms with van der Waals surface area (Å²) in [6, 6.07) is 13.2. The Balaban J connectivity index is 1.37. The first-order chi connectivity index (χ1) is 14.9. The standard InChI is InChI=1S/C22H20F2N4O3/c1-26(13-18-25-16-9-4-5-10-17(16)28(18)22(23)24)19(29)11-6-12-27-20(30)14-7-2-3-8-15(14)21(27)31/h2-5,7-10,22H,6,11-13H2,1H3. The predicted molar refractivity (Wildman–Crippen MR) is 109 cm³/mol. The van der Waals surface area contributed by atoms with Crippen molar-refractivity contribution in [1.82, 2.24) is 19.4 Å². The molecule has 0 aliphatic carbocycles. The second-order valence-corrected chi connectivity index (χ2v) is 7.33. The summed E-state index contributed by atoms with van der Waals surface area (Å²) in [6.45, 7) is -2.74. The molecule has 0 saturated carbocycles. The topological polar surface area (TPSA) is 75.5 Å². The molecule has 1 aromatic heterocycles. The molecule has 0 fully saturated rings. The molecule has 3 aromatic rings. The number of benzene rings is 2. The number of fused-ring (bicyclic) bond motifs is 2. The molecule has 3 amide bonds. The number of imidazole rings is 1. The fourth-order valence-electron chi connectivity index (χ4n) is 3.75. The number of hydrogen-bond donors (Lipinski definition) is 0. The number of para-hydroxylation sites is 2. The number of rotatable bonds is 7. The number of alkyl halides is 2. The Kier molecular flexibility index (Phi) is 5.50. The third-order valence-electron chi connectivity index (χ3n) is 5.32. The molecule has 9 heteroatoms. The van der Waals surface area contributed by atoms with Crippen LogP contribution in [0.2, 0.25) is 0 Å². The summed E-state index contributed by atoms with van der Waals surface area (Å²) in [6.07, 6.45) is 0.346. The summed E-state index contributed by atoms with van der Waals surface area (Å²) in [5, 5.41) is 0. The highest BCUT2D eigenvalue weighted by molar-refractivity contribution is 6.21. The van der Waals surface area contributed by atoms with E-state index in [4.69, 9.17) is 0 Å². The molecule has 0 unspecified atom stereocenters. The molecule has 2 aromatic carbocycles. The number of nitrogens with zero attached hydrogens (tertiary/aromatic N) is 4. The van der Waals surface area contributed by atoms with Crippen molar-refractivity contribution in [3.05, 3.63) is 65.5 Å². The average Bonchev–Trinajstić information content (AvgIpc) is 3.24. The van der Waals surface area contributed by atoms with Gasteiger partial charge in [-0.15, -0.1) is 0 Å². The fourth-order valence-corrected chi connectivity index (χ4v) is 3.75. The van der Waals surface area contributed by atoms with Crippen molar-refractivity contribution in [3.8, 4) is 0 Å². The highest BCUT2D eigenvalue weighted by Crippen LogP contribution is 2.25. The Morgan fingerprint density at radius 1 is 1.03 bits per heavy atom. The number of halogens is 2. The molecule has 7 nitrogen and oxygen atoms in total. The van der Waals surface area contributed by atoms with E-state index in [0.717, 1.165) is 9.47 Å². The SMILES string of the molecule is CN(Cc1nc2ccccc2n1C(F)F)C(=O)CCCN1C(=O)c2ccccc2C1=O. The van der Waals surface area contributed by atoms with Crippen LogP contribution in [-0.4, -0.2) is 50.7 Å². The highest BCUT2D eigenvalue weighted by Gasteiger charge is 2.34. The van der Waals surface area contributed by atoms with Gasteiger partial charge < -0.3 is 4.90 Å². The molecule has 0 bridgehead atoms. The van der Waals surface area contributed by atoms with Gasteiger partial charge >= 0.3 is 6.55 Å². The van der Waals surface area contributed by atoms with Crippen molar-refractivity contribution >= 4 is 28.8 Å². The van der Waals surface area contributed by atoms with E-state index in [1.54, 1.807) is 48.5 Å². The van der Waals surface area contributed by atoms with E-state index in [1.807, 2.05) is 0 Å². The van der Waals surface area contributed by atoms with E-state index in [1.165, 1.54) is 11.9 Å². The zero-order valence-electron chi connectivity index (χ0n) is 16.8. The quantitative estimate of drug-likeness (QED) is 0.542. The normalized spacial score (nSPS) is 13.4. The van der Waals surface area contributed by atoms with Gasteiger partial charge in [-0.25, -0.2) is 4.98 Å². The minimum absolute atomic E-state index is 0.0683. The average molecular weight is 426 g/mol. The van der Waals surface area contributed by atoms with Crippen molar-refractivity contribution in [2.75, 3.05) is 13.6 Å². The maximum absolute atomic E-state index is 13.6. The van der Waals surface area contributed by atoms with Crippen molar-refractivity contribution in [2.24, 2.45) is 0 Å². The number of amides is 3. The lowest BCUT2D eigenvalue weighted by molar-refractivity contribution is -0.130. The van der Waals surface area contributed by atoms with Crippen molar-refractivity contribution < 1.29 is 23.2 Å². The molecule has 1 aliphatic heterocycles. The van der Waals surface area contributed by atoms with E-state index >= 15 is 0 Å². The van der Waals surface area contributed by atoms with Gasteiger partial charge in [-0.2, -0.15) is 8.78 Å². The molecule has 0 radical (unpaired) electrons. The lowest BCUT2D eigenvalue weighted by atomic mass is 10.1. The molecule has 0 atom stereocenters. The third-order valence-corrected chi connectivity index (χ3v) is 5.32. The summed E-state index contributed by atoms with van der Waals surface area (Å²) in [4.78, 5) is 43.9. The Morgan fingerprint density at radius 2 is 1.65 bits per heavy atom. The highest BCUT2D eigenvalue weighted by atomic mass is 19.3. The van der Waals surface area contributed by atoms with Crippen LogP contribution in [0.4, 0.5) is 8.78 Å². The van der Waals surface area contributed by atoms with E-state index in [0.29, 0.717) is 22.2 Å². The van der Waals surface area contributed by atoms with Crippen LogP contribution in [0.15, 0.2) is 48.5 Å². The van der Waals surface area contributed by atoms with Gasteiger partial charge in [-0.05, 0) is 30.7 Å².